The van der Waals surface area contributed by atoms with Gasteiger partial charge in [-0.15, -0.1) is 0 Å². The summed E-state index contributed by atoms with van der Waals surface area (Å²) < 4.78 is 0. The van der Waals surface area contributed by atoms with Crippen molar-refractivity contribution >= 4 is 17.8 Å². The first kappa shape index (κ1) is 13.1. The molecule has 2 amide bonds. The number of likely N-dealkylation sites (tertiary alicyclic amines) is 1. The van der Waals surface area contributed by atoms with Crippen LogP contribution in [-0.4, -0.2) is 34.3 Å². The number of hydrogen-bond donors (Lipinski definition) is 1. The van der Waals surface area contributed by atoms with Crippen molar-refractivity contribution in [2.45, 2.75) is 33.1 Å². The summed E-state index contributed by atoms with van der Waals surface area (Å²) in [6.45, 7) is 3.80. The maximum atomic E-state index is 11.9. The molecule has 2 fully saturated rings. The molecule has 18 heavy (non-hydrogen) atoms. The predicted octanol–water partition coefficient (Wildman–Crippen LogP) is 1.13. The molecule has 0 spiro atoms. The first-order chi connectivity index (χ1) is 8.43. The number of nitrogens with zero attached hydrogens (tertiary/aromatic N) is 1. The Morgan fingerprint density at radius 3 is 2.28 bits per heavy atom. The van der Waals surface area contributed by atoms with E-state index in [2.05, 4.69) is 0 Å². The van der Waals surface area contributed by atoms with Crippen LogP contribution in [0.3, 0.4) is 0 Å². The Hall–Kier alpha value is -1.39. The molecule has 5 heteroatoms. The number of carboxylic acid groups (broad SMARTS) is 1. The topological polar surface area (TPSA) is 74.7 Å². The highest BCUT2D eigenvalue weighted by molar-refractivity contribution is 6.04. The van der Waals surface area contributed by atoms with E-state index in [1.54, 1.807) is 13.8 Å². The Bertz CT molecular complexity index is 372. The van der Waals surface area contributed by atoms with E-state index in [9.17, 15) is 14.4 Å². The SMILES string of the molecule is CC1C(=O)N(CC2CCCC2C(=O)O)C(=O)C1C. The normalized spacial score (nSPS) is 36.4. The zero-order valence-electron chi connectivity index (χ0n) is 10.8. The predicted molar refractivity (Wildman–Crippen MR) is 63.5 cm³/mol. The van der Waals surface area contributed by atoms with Gasteiger partial charge in [0, 0.05) is 18.4 Å². The van der Waals surface area contributed by atoms with Crippen LogP contribution in [0.2, 0.25) is 0 Å². The molecule has 1 aliphatic carbocycles. The highest BCUT2D eigenvalue weighted by Gasteiger charge is 2.45. The van der Waals surface area contributed by atoms with Crippen molar-refractivity contribution in [1.82, 2.24) is 4.90 Å². The number of carboxylic acids is 1. The van der Waals surface area contributed by atoms with Crippen molar-refractivity contribution in [1.29, 1.82) is 0 Å². The highest BCUT2D eigenvalue weighted by Crippen LogP contribution is 2.35. The zero-order valence-corrected chi connectivity index (χ0v) is 10.8. The molecule has 0 bridgehead atoms. The lowest BCUT2D eigenvalue weighted by atomic mass is 9.96. The standard InChI is InChI=1S/C13H19NO4/c1-7-8(2)12(16)14(11(7)15)6-9-4-3-5-10(9)13(17)18/h7-10H,3-6H2,1-2H3,(H,17,18). The second-order valence-electron chi connectivity index (χ2n) is 5.50. The van der Waals surface area contributed by atoms with Gasteiger partial charge >= 0.3 is 5.97 Å². The van der Waals surface area contributed by atoms with E-state index in [1.165, 1.54) is 4.90 Å². The number of carbonyl (C=O) groups excluding carboxylic acids is 2. The Morgan fingerprint density at radius 1 is 1.22 bits per heavy atom. The van der Waals surface area contributed by atoms with Crippen LogP contribution in [0.25, 0.3) is 0 Å². The van der Waals surface area contributed by atoms with Gasteiger partial charge in [0.05, 0.1) is 5.92 Å². The molecule has 1 saturated carbocycles. The summed E-state index contributed by atoms with van der Waals surface area (Å²) >= 11 is 0. The average molecular weight is 253 g/mol. The molecule has 2 rings (SSSR count). The van der Waals surface area contributed by atoms with Crippen LogP contribution in [0.5, 0.6) is 0 Å². The average Bonchev–Trinajstić information content (AvgIpc) is 2.86. The summed E-state index contributed by atoms with van der Waals surface area (Å²) in [5.41, 5.74) is 0. The maximum absolute atomic E-state index is 11.9. The number of aliphatic carboxylic acids is 1. The van der Waals surface area contributed by atoms with Crippen molar-refractivity contribution in [2.24, 2.45) is 23.7 Å². The lowest BCUT2D eigenvalue weighted by Crippen LogP contribution is -2.37. The molecule has 0 radical (unpaired) electrons. The molecule has 1 aliphatic heterocycles. The van der Waals surface area contributed by atoms with Crippen molar-refractivity contribution in [3.05, 3.63) is 0 Å². The van der Waals surface area contributed by atoms with E-state index in [0.717, 1.165) is 12.8 Å². The molecule has 5 nitrogen and oxygen atoms in total. The van der Waals surface area contributed by atoms with Crippen molar-refractivity contribution < 1.29 is 19.5 Å². The minimum Gasteiger partial charge on any atom is -0.481 e. The van der Waals surface area contributed by atoms with Gasteiger partial charge in [-0.05, 0) is 18.8 Å². The van der Waals surface area contributed by atoms with E-state index in [-0.39, 0.29) is 36.1 Å². The third kappa shape index (κ3) is 2.02. The molecule has 1 saturated heterocycles. The first-order valence-electron chi connectivity index (χ1n) is 6.51. The van der Waals surface area contributed by atoms with Gasteiger partial charge in [-0.25, -0.2) is 0 Å². The summed E-state index contributed by atoms with van der Waals surface area (Å²) in [6, 6.07) is 0. The number of rotatable bonds is 3. The van der Waals surface area contributed by atoms with Gasteiger partial charge in [0.2, 0.25) is 11.8 Å². The van der Waals surface area contributed by atoms with E-state index in [1.807, 2.05) is 0 Å². The van der Waals surface area contributed by atoms with E-state index in [4.69, 9.17) is 5.11 Å². The van der Waals surface area contributed by atoms with Crippen LogP contribution >= 0.6 is 0 Å². The molecule has 1 heterocycles. The molecule has 100 valence electrons. The van der Waals surface area contributed by atoms with Crippen molar-refractivity contribution in [2.75, 3.05) is 6.54 Å². The number of carbonyl (C=O) groups is 3. The zero-order chi connectivity index (χ0) is 13.4. The quantitative estimate of drug-likeness (QED) is 0.765. The Kier molecular flexibility index (Phi) is 3.41. The molecule has 0 aromatic rings. The Labute approximate surface area is 106 Å². The van der Waals surface area contributed by atoms with Crippen molar-refractivity contribution in [3.63, 3.8) is 0 Å². The van der Waals surface area contributed by atoms with Crippen LogP contribution in [0.4, 0.5) is 0 Å². The molecule has 2 aliphatic rings. The van der Waals surface area contributed by atoms with E-state index in [0.29, 0.717) is 6.42 Å². The number of imide groups is 1. The first-order valence-corrected chi connectivity index (χ1v) is 6.51. The molecule has 1 N–H and O–H groups in total. The number of amides is 2. The Balaban J connectivity index is 2.08. The molecule has 0 aromatic heterocycles. The van der Waals surface area contributed by atoms with Gasteiger partial charge in [-0.2, -0.15) is 0 Å². The third-order valence-electron chi connectivity index (χ3n) is 4.45. The summed E-state index contributed by atoms with van der Waals surface area (Å²) in [6.07, 6.45) is 2.31. The van der Waals surface area contributed by atoms with Crippen LogP contribution in [0.1, 0.15) is 33.1 Å². The van der Waals surface area contributed by atoms with Gasteiger partial charge in [-0.1, -0.05) is 20.3 Å². The molecule has 0 aromatic carbocycles. The lowest BCUT2D eigenvalue weighted by molar-refractivity contribution is -0.146. The molecule has 4 unspecified atom stereocenters. The smallest absolute Gasteiger partial charge is 0.306 e. The van der Waals surface area contributed by atoms with Gasteiger partial charge in [0.15, 0.2) is 0 Å². The second-order valence-corrected chi connectivity index (χ2v) is 5.50. The van der Waals surface area contributed by atoms with Crippen LogP contribution < -0.4 is 0 Å². The lowest BCUT2D eigenvalue weighted by Gasteiger charge is -2.22. The van der Waals surface area contributed by atoms with E-state index < -0.39 is 11.9 Å². The van der Waals surface area contributed by atoms with Crippen LogP contribution in [-0.2, 0) is 14.4 Å². The molecular weight excluding hydrogens is 234 g/mol. The third-order valence-corrected chi connectivity index (χ3v) is 4.45. The fraction of sp³-hybridized carbons (Fsp3) is 0.769. The summed E-state index contributed by atoms with van der Waals surface area (Å²) in [5.74, 6) is -2.14. The van der Waals surface area contributed by atoms with Crippen LogP contribution in [0.15, 0.2) is 0 Å². The van der Waals surface area contributed by atoms with Gasteiger partial charge in [0.1, 0.15) is 0 Å². The van der Waals surface area contributed by atoms with E-state index >= 15 is 0 Å². The van der Waals surface area contributed by atoms with Crippen LogP contribution in [0, 0.1) is 23.7 Å². The molecule has 4 atom stereocenters. The largest absolute Gasteiger partial charge is 0.481 e. The summed E-state index contributed by atoms with van der Waals surface area (Å²) in [7, 11) is 0. The van der Waals surface area contributed by atoms with Crippen molar-refractivity contribution in [3.8, 4) is 0 Å². The highest BCUT2D eigenvalue weighted by atomic mass is 16.4. The monoisotopic (exact) mass is 253 g/mol. The summed E-state index contributed by atoms with van der Waals surface area (Å²) in [5, 5.41) is 9.10. The fourth-order valence-electron chi connectivity index (χ4n) is 3.02. The minimum absolute atomic E-state index is 0.0760. The Morgan fingerprint density at radius 2 is 1.78 bits per heavy atom. The van der Waals surface area contributed by atoms with Gasteiger partial charge in [-0.3, -0.25) is 19.3 Å². The number of hydrogen-bond acceptors (Lipinski definition) is 3. The van der Waals surface area contributed by atoms with Gasteiger partial charge < -0.3 is 5.11 Å². The minimum atomic E-state index is -0.808. The fourth-order valence-corrected chi connectivity index (χ4v) is 3.02. The molecular formula is C13H19NO4. The summed E-state index contributed by atoms with van der Waals surface area (Å²) in [4.78, 5) is 36.3. The van der Waals surface area contributed by atoms with Gasteiger partial charge in [0.25, 0.3) is 0 Å². The second kappa shape index (κ2) is 4.71. The maximum Gasteiger partial charge on any atom is 0.306 e.